The third kappa shape index (κ3) is 4.96. The van der Waals surface area contributed by atoms with Gasteiger partial charge in [-0.2, -0.15) is 0 Å². The number of aliphatic carboxylic acids is 1. The minimum Gasteiger partial charge on any atom is -0.480 e. The standard InChI is InChI=1S/C17H24N2O4/c1-17(2,3)23-16(22)18-13-9-10-19(11-13)14(15(20)21)12-7-5-4-6-8-12/h4-8,13-14H,9-11H2,1-3H3,(H,18,22)(H,20,21)/t13-,14+/m0/s1. The number of hydrogen-bond acceptors (Lipinski definition) is 4. The molecule has 0 spiro atoms. The molecule has 126 valence electrons. The number of likely N-dealkylation sites (tertiary alicyclic amines) is 1. The maximum Gasteiger partial charge on any atom is 0.407 e. The zero-order valence-corrected chi connectivity index (χ0v) is 13.8. The van der Waals surface area contributed by atoms with Gasteiger partial charge in [-0.25, -0.2) is 4.79 Å². The molecule has 6 nitrogen and oxygen atoms in total. The number of alkyl carbamates (subject to hydrolysis) is 1. The van der Waals surface area contributed by atoms with Crippen LogP contribution in [0.1, 0.15) is 38.8 Å². The van der Waals surface area contributed by atoms with Crippen LogP contribution >= 0.6 is 0 Å². The van der Waals surface area contributed by atoms with E-state index in [4.69, 9.17) is 4.74 Å². The highest BCUT2D eigenvalue weighted by Crippen LogP contribution is 2.25. The summed E-state index contributed by atoms with van der Waals surface area (Å²) in [4.78, 5) is 25.4. The van der Waals surface area contributed by atoms with Crippen molar-refractivity contribution in [1.29, 1.82) is 0 Å². The van der Waals surface area contributed by atoms with Crippen LogP contribution < -0.4 is 5.32 Å². The molecule has 0 saturated carbocycles. The van der Waals surface area contributed by atoms with Gasteiger partial charge in [0.2, 0.25) is 0 Å². The summed E-state index contributed by atoms with van der Waals surface area (Å²) in [6, 6.07) is 8.35. The third-order valence-corrected chi connectivity index (χ3v) is 3.65. The molecule has 23 heavy (non-hydrogen) atoms. The molecule has 1 fully saturated rings. The quantitative estimate of drug-likeness (QED) is 0.890. The minimum atomic E-state index is -0.880. The van der Waals surface area contributed by atoms with Crippen LogP contribution in [0, 0.1) is 0 Å². The van der Waals surface area contributed by atoms with Crippen LogP contribution in [0.25, 0.3) is 0 Å². The first-order valence-corrected chi connectivity index (χ1v) is 7.77. The molecule has 1 amide bonds. The predicted octanol–water partition coefficient (Wildman–Crippen LogP) is 2.41. The monoisotopic (exact) mass is 320 g/mol. The van der Waals surface area contributed by atoms with E-state index < -0.39 is 23.7 Å². The largest absolute Gasteiger partial charge is 0.480 e. The number of rotatable bonds is 4. The molecule has 1 aromatic rings. The van der Waals surface area contributed by atoms with E-state index in [1.54, 1.807) is 0 Å². The lowest BCUT2D eigenvalue weighted by Gasteiger charge is -2.25. The summed E-state index contributed by atoms with van der Waals surface area (Å²) < 4.78 is 5.24. The third-order valence-electron chi connectivity index (χ3n) is 3.65. The van der Waals surface area contributed by atoms with Crippen LogP contribution in [0.2, 0.25) is 0 Å². The highest BCUT2D eigenvalue weighted by Gasteiger charge is 2.34. The van der Waals surface area contributed by atoms with E-state index in [1.807, 2.05) is 56.0 Å². The molecule has 1 aliphatic heterocycles. The number of carboxylic acid groups (broad SMARTS) is 1. The normalized spacial score (nSPS) is 20.0. The van der Waals surface area contributed by atoms with Crippen LogP contribution in [-0.4, -0.2) is 46.8 Å². The van der Waals surface area contributed by atoms with Crippen molar-refractivity contribution in [2.24, 2.45) is 0 Å². The number of ether oxygens (including phenoxy) is 1. The zero-order chi connectivity index (χ0) is 17.0. The molecule has 0 radical (unpaired) electrons. The van der Waals surface area contributed by atoms with Gasteiger partial charge in [-0.1, -0.05) is 30.3 Å². The van der Waals surface area contributed by atoms with E-state index >= 15 is 0 Å². The molecule has 1 aromatic carbocycles. The molecule has 2 rings (SSSR count). The average molecular weight is 320 g/mol. The van der Waals surface area contributed by atoms with Gasteiger partial charge in [-0.05, 0) is 32.8 Å². The lowest BCUT2D eigenvalue weighted by molar-refractivity contribution is -0.143. The summed E-state index contributed by atoms with van der Waals surface area (Å²) in [7, 11) is 0. The number of hydrogen-bond donors (Lipinski definition) is 2. The molecule has 0 bridgehead atoms. The zero-order valence-electron chi connectivity index (χ0n) is 13.8. The number of carboxylic acids is 1. The lowest BCUT2D eigenvalue weighted by atomic mass is 10.1. The van der Waals surface area contributed by atoms with Crippen molar-refractivity contribution in [3.05, 3.63) is 35.9 Å². The molecule has 1 saturated heterocycles. The Labute approximate surface area is 136 Å². The van der Waals surface area contributed by atoms with E-state index in [2.05, 4.69) is 5.32 Å². The molecule has 2 atom stereocenters. The predicted molar refractivity (Wildman–Crippen MR) is 86.2 cm³/mol. The minimum absolute atomic E-state index is 0.101. The Morgan fingerprint density at radius 3 is 2.52 bits per heavy atom. The second-order valence-corrected chi connectivity index (χ2v) is 6.78. The van der Waals surface area contributed by atoms with E-state index in [1.165, 1.54) is 0 Å². The summed E-state index contributed by atoms with van der Waals surface area (Å²) in [6.45, 7) is 6.54. The Morgan fingerprint density at radius 2 is 1.96 bits per heavy atom. The van der Waals surface area contributed by atoms with Crippen LogP contribution in [0.3, 0.4) is 0 Å². The second-order valence-electron chi connectivity index (χ2n) is 6.78. The number of nitrogens with one attached hydrogen (secondary N) is 1. The Kier molecular flexibility index (Phi) is 5.26. The van der Waals surface area contributed by atoms with Gasteiger partial charge in [-0.3, -0.25) is 9.69 Å². The first-order chi connectivity index (χ1) is 10.8. The van der Waals surface area contributed by atoms with Crippen LogP contribution in [0.15, 0.2) is 30.3 Å². The van der Waals surface area contributed by atoms with Gasteiger partial charge in [0.1, 0.15) is 11.6 Å². The summed E-state index contributed by atoms with van der Waals surface area (Å²) in [5.41, 5.74) is 0.202. The highest BCUT2D eigenvalue weighted by atomic mass is 16.6. The maximum atomic E-state index is 11.8. The van der Waals surface area contributed by atoms with Gasteiger partial charge in [-0.15, -0.1) is 0 Å². The number of amides is 1. The summed E-state index contributed by atoms with van der Waals surface area (Å²) >= 11 is 0. The topological polar surface area (TPSA) is 78.9 Å². The van der Waals surface area contributed by atoms with Crippen molar-refractivity contribution in [2.45, 2.75) is 44.9 Å². The van der Waals surface area contributed by atoms with E-state index in [-0.39, 0.29) is 6.04 Å². The number of benzene rings is 1. The fraction of sp³-hybridized carbons (Fsp3) is 0.529. The Balaban J connectivity index is 1.98. The van der Waals surface area contributed by atoms with Crippen molar-refractivity contribution in [1.82, 2.24) is 10.2 Å². The summed E-state index contributed by atoms with van der Waals surface area (Å²) in [5, 5.41) is 12.4. The van der Waals surface area contributed by atoms with Crippen LogP contribution in [0.5, 0.6) is 0 Å². The molecule has 0 aliphatic carbocycles. The highest BCUT2D eigenvalue weighted by molar-refractivity contribution is 5.75. The number of carbonyl (C=O) groups is 2. The summed E-state index contributed by atoms with van der Waals surface area (Å²) in [6.07, 6.45) is 0.242. The average Bonchev–Trinajstić information content (AvgIpc) is 2.85. The van der Waals surface area contributed by atoms with Gasteiger partial charge < -0.3 is 15.2 Å². The van der Waals surface area contributed by atoms with Gasteiger partial charge in [0.05, 0.1) is 0 Å². The van der Waals surface area contributed by atoms with Crippen molar-refractivity contribution in [3.63, 3.8) is 0 Å². The second kappa shape index (κ2) is 7.00. The molecule has 0 unspecified atom stereocenters. The van der Waals surface area contributed by atoms with Crippen molar-refractivity contribution in [3.8, 4) is 0 Å². The Bertz CT molecular complexity index is 553. The van der Waals surface area contributed by atoms with Gasteiger partial charge >= 0.3 is 12.1 Å². The molecule has 1 aliphatic rings. The van der Waals surface area contributed by atoms with E-state index in [0.717, 1.165) is 5.56 Å². The van der Waals surface area contributed by atoms with Gasteiger partial charge in [0.15, 0.2) is 0 Å². The van der Waals surface area contributed by atoms with Crippen LogP contribution in [0.4, 0.5) is 4.79 Å². The fourth-order valence-corrected chi connectivity index (χ4v) is 2.76. The van der Waals surface area contributed by atoms with Crippen LogP contribution in [-0.2, 0) is 9.53 Å². The summed E-state index contributed by atoms with van der Waals surface area (Å²) in [5.74, 6) is -0.880. The van der Waals surface area contributed by atoms with Gasteiger partial charge in [0, 0.05) is 19.1 Å². The SMILES string of the molecule is CC(C)(C)OC(=O)N[C@H]1CCN([C@@H](C(=O)O)c2ccccc2)C1. The molecular weight excluding hydrogens is 296 g/mol. The molecule has 6 heteroatoms. The number of nitrogens with zero attached hydrogens (tertiary/aromatic N) is 1. The smallest absolute Gasteiger partial charge is 0.407 e. The molecule has 2 N–H and O–H groups in total. The van der Waals surface area contributed by atoms with Gasteiger partial charge in [0.25, 0.3) is 0 Å². The van der Waals surface area contributed by atoms with E-state index in [0.29, 0.717) is 19.5 Å². The Morgan fingerprint density at radius 1 is 1.30 bits per heavy atom. The first-order valence-electron chi connectivity index (χ1n) is 7.77. The maximum absolute atomic E-state index is 11.8. The Hall–Kier alpha value is -2.08. The first kappa shape index (κ1) is 17.3. The van der Waals surface area contributed by atoms with E-state index in [9.17, 15) is 14.7 Å². The molecular formula is C17H24N2O4. The lowest BCUT2D eigenvalue weighted by Crippen LogP contribution is -2.41. The number of carbonyl (C=O) groups excluding carboxylic acids is 1. The fourth-order valence-electron chi connectivity index (χ4n) is 2.76. The molecule has 1 heterocycles. The van der Waals surface area contributed by atoms with Crippen molar-refractivity contribution < 1.29 is 19.4 Å². The molecule has 0 aromatic heterocycles. The van der Waals surface area contributed by atoms with Crippen molar-refractivity contribution in [2.75, 3.05) is 13.1 Å². The van der Waals surface area contributed by atoms with Crippen molar-refractivity contribution >= 4 is 12.1 Å².